The fraction of sp³-hybridized carbons (Fsp3) is 1.00. The number of unbranched alkanes of at least 4 members (excludes halogenated alkanes) is 3. The molecule has 0 aromatic carbocycles. The van der Waals surface area contributed by atoms with Gasteiger partial charge in [-0.1, -0.05) is 46.5 Å². The summed E-state index contributed by atoms with van der Waals surface area (Å²) >= 11 is 0. The van der Waals surface area contributed by atoms with E-state index in [-0.39, 0.29) is 0 Å². The Labute approximate surface area is 83.1 Å². The number of fused-ring (bicyclic) bond motifs is 1. The standard InChI is InChI=1S/C13H24/c1-4-5-6-7-8-10-12-11(9(2)3)13(10)12/h9-13H,4-8H2,1-3H3. The van der Waals surface area contributed by atoms with Crippen LogP contribution in [0, 0.1) is 29.6 Å². The van der Waals surface area contributed by atoms with Crippen LogP contribution in [-0.2, 0) is 0 Å². The van der Waals surface area contributed by atoms with Gasteiger partial charge in [0.2, 0.25) is 0 Å². The Bertz CT molecular complexity index is 161. The number of rotatable bonds is 6. The highest BCUT2D eigenvalue weighted by Gasteiger charge is 2.72. The topological polar surface area (TPSA) is 0 Å². The molecule has 0 amide bonds. The predicted octanol–water partition coefficient (Wildman–Crippen LogP) is 4.10. The molecule has 2 unspecified atom stereocenters. The van der Waals surface area contributed by atoms with Crippen molar-refractivity contribution in [2.24, 2.45) is 29.6 Å². The maximum atomic E-state index is 2.39. The highest BCUT2D eigenvalue weighted by molar-refractivity contribution is 5.19. The molecule has 2 rings (SSSR count). The van der Waals surface area contributed by atoms with Crippen molar-refractivity contribution in [2.45, 2.75) is 52.9 Å². The molecule has 0 aromatic rings. The van der Waals surface area contributed by atoms with Gasteiger partial charge >= 0.3 is 0 Å². The van der Waals surface area contributed by atoms with Crippen molar-refractivity contribution in [3.8, 4) is 0 Å². The first kappa shape index (κ1) is 9.55. The van der Waals surface area contributed by atoms with Crippen LogP contribution in [0.3, 0.4) is 0 Å². The van der Waals surface area contributed by atoms with E-state index in [4.69, 9.17) is 0 Å². The van der Waals surface area contributed by atoms with Crippen molar-refractivity contribution >= 4 is 0 Å². The molecule has 0 saturated heterocycles. The molecule has 0 aromatic heterocycles. The van der Waals surface area contributed by atoms with Gasteiger partial charge in [-0.3, -0.25) is 0 Å². The predicted molar refractivity (Wildman–Crippen MR) is 57.6 cm³/mol. The smallest absolute Gasteiger partial charge is 0.0315 e. The van der Waals surface area contributed by atoms with Crippen LogP contribution in [0.4, 0.5) is 0 Å². The Morgan fingerprint density at radius 2 is 1.69 bits per heavy atom. The third kappa shape index (κ3) is 1.78. The van der Waals surface area contributed by atoms with Gasteiger partial charge in [-0.15, -0.1) is 0 Å². The average molecular weight is 180 g/mol. The van der Waals surface area contributed by atoms with Crippen LogP contribution in [-0.4, -0.2) is 0 Å². The van der Waals surface area contributed by atoms with E-state index in [1.807, 2.05) is 0 Å². The maximum absolute atomic E-state index is 2.39. The van der Waals surface area contributed by atoms with Gasteiger partial charge in [-0.25, -0.2) is 0 Å². The molecule has 0 heterocycles. The molecule has 2 saturated carbocycles. The molecular weight excluding hydrogens is 156 g/mol. The monoisotopic (exact) mass is 180 g/mol. The molecular formula is C13H24. The van der Waals surface area contributed by atoms with Gasteiger partial charge in [-0.05, 0) is 36.0 Å². The van der Waals surface area contributed by atoms with E-state index in [2.05, 4.69) is 20.8 Å². The molecule has 0 heteroatoms. The van der Waals surface area contributed by atoms with E-state index in [9.17, 15) is 0 Å². The van der Waals surface area contributed by atoms with E-state index in [1.54, 1.807) is 6.42 Å². The molecule has 76 valence electrons. The molecule has 0 nitrogen and oxygen atoms in total. The molecule has 0 radical (unpaired) electrons. The van der Waals surface area contributed by atoms with Gasteiger partial charge in [0.1, 0.15) is 0 Å². The summed E-state index contributed by atoms with van der Waals surface area (Å²) < 4.78 is 0. The Morgan fingerprint density at radius 3 is 2.23 bits per heavy atom. The van der Waals surface area contributed by atoms with Crippen molar-refractivity contribution in [3.05, 3.63) is 0 Å². The molecule has 2 aliphatic carbocycles. The highest BCUT2D eigenvalue weighted by Crippen LogP contribution is 2.76. The van der Waals surface area contributed by atoms with E-state index in [0.29, 0.717) is 0 Å². The van der Waals surface area contributed by atoms with Crippen molar-refractivity contribution in [1.29, 1.82) is 0 Å². The van der Waals surface area contributed by atoms with Gasteiger partial charge in [0, 0.05) is 0 Å². The zero-order valence-corrected chi connectivity index (χ0v) is 9.42. The van der Waals surface area contributed by atoms with Gasteiger partial charge in [0.15, 0.2) is 0 Å². The molecule has 13 heavy (non-hydrogen) atoms. The summed E-state index contributed by atoms with van der Waals surface area (Å²) in [6, 6.07) is 0. The average Bonchev–Trinajstić information content (AvgIpc) is 2.90. The van der Waals surface area contributed by atoms with Crippen molar-refractivity contribution in [3.63, 3.8) is 0 Å². The van der Waals surface area contributed by atoms with Gasteiger partial charge < -0.3 is 0 Å². The Balaban J connectivity index is 1.49. The number of hydrogen-bond donors (Lipinski definition) is 0. The van der Waals surface area contributed by atoms with Crippen molar-refractivity contribution < 1.29 is 0 Å². The minimum atomic E-state index is 0.974. The lowest BCUT2D eigenvalue weighted by atomic mass is 9.92. The van der Waals surface area contributed by atoms with Crippen LogP contribution < -0.4 is 0 Å². The van der Waals surface area contributed by atoms with Crippen LogP contribution in [0.15, 0.2) is 0 Å². The summed E-state index contributed by atoms with van der Waals surface area (Å²) in [6.07, 6.45) is 7.38. The molecule has 0 N–H and O–H groups in total. The zero-order valence-electron chi connectivity index (χ0n) is 9.42. The second-order valence-corrected chi connectivity index (χ2v) is 5.49. The minimum absolute atomic E-state index is 0.974. The molecule has 2 atom stereocenters. The van der Waals surface area contributed by atoms with Crippen LogP contribution >= 0.6 is 0 Å². The fourth-order valence-corrected chi connectivity index (χ4v) is 3.32. The minimum Gasteiger partial charge on any atom is -0.0654 e. The lowest BCUT2D eigenvalue weighted by Crippen LogP contribution is -2.06. The summed E-state index contributed by atoms with van der Waals surface area (Å²) in [5.41, 5.74) is 0. The molecule has 0 aliphatic heterocycles. The lowest BCUT2D eigenvalue weighted by Gasteiger charge is -2.14. The van der Waals surface area contributed by atoms with E-state index >= 15 is 0 Å². The van der Waals surface area contributed by atoms with E-state index < -0.39 is 0 Å². The Morgan fingerprint density at radius 1 is 1.00 bits per heavy atom. The third-order valence-corrected chi connectivity index (χ3v) is 4.20. The second-order valence-electron chi connectivity index (χ2n) is 5.49. The number of hydrogen-bond acceptors (Lipinski definition) is 0. The van der Waals surface area contributed by atoms with E-state index in [0.717, 1.165) is 11.8 Å². The van der Waals surface area contributed by atoms with Gasteiger partial charge in [-0.2, -0.15) is 0 Å². The SMILES string of the molecule is CCCCCCC1C2C(C(C)C)C12. The molecule has 0 bridgehead atoms. The second kappa shape index (κ2) is 3.63. The molecule has 2 aliphatic rings. The zero-order chi connectivity index (χ0) is 9.42. The first-order valence-electron chi connectivity index (χ1n) is 6.27. The van der Waals surface area contributed by atoms with Crippen LogP contribution in [0.2, 0.25) is 0 Å². The first-order valence-corrected chi connectivity index (χ1v) is 6.27. The van der Waals surface area contributed by atoms with Crippen LogP contribution in [0.25, 0.3) is 0 Å². The Kier molecular flexibility index (Phi) is 2.67. The third-order valence-electron chi connectivity index (χ3n) is 4.20. The normalized spacial score (nSPS) is 40.6. The van der Waals surface area contributed by atoms with Gasteiger partial charge in [0.05, 0.1) is 0 Å². The summed E-state index contributed by atoms with van der Waals surface area (Å²) in [4.78, 5) is 0. The summed E-state index contributed by atoms with van der Waals surface area (Å²) in [5.74, 6) is 5.70. The summed E-state index contributed by atoms with van der Waals surface area (Å²) in [6.45, 7) is 7.08. The van der Waals surface area contributed by atoms with E-state index in [1.165, 1.54) is 43.4 Å². The van der Waals surface area contributed by atoms with Crippen LogP contribution in [0.5, 0.6) is 0 Å². The van der Waals surface area contributed by atoms with Crippen molar-refractivity contribution in [2.75, 3.05) is 0 Å². The lowest BCUT2D eigenvalue weighted by molar-refractivity contribution is 0.354. The maximum Gasteiger partial charge on any atom is -0.0315 e. The molecule has 0 spiro atoms. The summed E-state index contributed by atoms with van der Waals surface area (Å²) in [5, 5.41) is 0. The summed E-state index contributed by atoms with van der Waals surface area (Å²) in [7, 11) is 0. The van der Waals surface area contributed by atoms with Gasteiger partial charge in [0.25, 0.3) is 0 Å². The van der Waals surface area contributed by atoms with Crippen molar-refractivity contribution in [1.82, 2.24) is 0 Å². The highest BCUT2D eigenvalue weighted by atomic mass is 14.8. The Hall–Kier alpha value is 0. The quantitative estimate of drug-likeness (QED) is 0.540. The fourth-order valence-electron chi connectivity index (χ4n) is 3.32. The first-order chi connectivity index (χ1) is 6.27. The van der Waals surface area contributed by atoms with Crippen LogP contribution in [0.1, 0.15) is 52.9 Å². The molecule has 2 fully saturated rings. The largest absolute Gasteiger partial charge is 0.0654 e.